The maximum absolute atomic E-state index is 11.6. The normalized spacial score (nSPS) is 16.3. The fraction of sp³-hybridized carbons (Fsp3) is 0.538. The zero-order chi connectivity index (χ0) is 14.7. The van der Waals surface area contributed by atoms with E-state index >= 15 is 0 Å². The van der Waals surface area contributed by atoms with E-state index in [4.69, 9.17) is 0 Å². The summed E-state index contributed by atoms with van der Waals surface area (Å²) < 4.78 is 5.74. The minimum Gasteiger partial charge on any atom is -0.344 e. The molecule has 2 aromatic heterocycles. The maximum atomic E-state index is 11.6. The molecule has 0 aromatic carbocycles. The predicted molar refractivity (Wildman–Crippen MR) is 81.8 cm³/mol. The van der Waals surface area contributed by atoms with Gasteiger partial charge in [0.15, 0.2) is 0 Å². The molecule has 1 saturated heterocycles. The molecule has 0 spiro atoms. The molecule has 1 fully saturated rings. The van der Waals surface area contributed by atoms with Crippen molar-refractivity contribution >= 4 is 16.7 Å². The Balaban J connectivity index is 1.50. The van der Waals surface area contributed by atoms with Crippen LogP contribution in [0.4, 0.5) is 5.13 Å². The lowest BCUT2D eigenvalue weighted by atomic mass is 10.3. The molecule has 1 aliphatic rings. The monoisotopic (exact) mass is 306 g/mol. The molecule has 8 heteroatoms. The van der Waals surface area contributed by atoms with Crippen LogP contribution in [-0.2, 0) is 6.54 Å². The third-order valence-corrected chi connectivity index (χ3v) is 4.44. The average molecular weight is 306 g/mol. The second kappa shape index (κ2) is 6.31. The summed E-state index contributed by atoms with van der Waals surface area (Å²) in [6.07, 6.45) is 1.65. The summed E-state index contributed by atoms with van der Waals surface area (Å²) in [5.74, 6) is 0.840. The van der Waals surface area contributed by atoms with Gasteiger partial charge in [-0.15, -0.1) is 0 Å². The second-order valence-corrected chi connectivity index (χ2v) is 5.77. The molecular weight excluding hydrogens is 288 g/mol. The molecule has 7 nitrogen and oxygen atoms in total. The first-order chi connectivity index (χ1) is 10.2. The Bertz CT molecular complexity index is 646. The van der Waals surface area contributed by atoms with Gasteiger partial charge in [-0.25, -0.2) is 9.67 Å². The van der Waals surface area contributed by atoms with Crippen LogP contribution in [0.3, 0.4) is 0 Å². The number of anilines is 1. The molecule has 0 saturated carbocycles. The fourth-order valence-electron chi connectivity index (χ4n) is 2.37. The molecule has 0 amide bonds. The highest BCUT2D eigenvalue weighted by Crippen LogP contribution is 2.18. The first-order valence-corrected chi connectivity index (χ1v) is 7.79. The second-order valence-electron chi connectivity index (χ2n) is 5.04. The number of piperazine rings is 1. The van der Waals surface area contributed by atoms with Gasteiger partial charge in [0, 0.05) is 56.5 Å². The fourth-order valence-corrected chi connectivity index (χ4v) is 3.09. The zero-order valence-electron chi connectivity index (χ0n) is 12.0. The van der Waals surface area contributed by atoms with Gasteiger partial charge in [0.1, 0.15) is 5.82 Å². The highest BCUT2D eigenvalue weighted by Gasteiger charge is 2.19. The smallest absolute Gasteiger partial charge is 0.266 e. The number of hydrogen-bond donors (Lipinski definition) is 0. The van der Waals surface area contributed by atoms with E-state index in [0.717, 1.165) is 43.7 Å². The molecule has 0 bridgehead atoms. The zero-order valence-corrected chi connectivity index (χ0v) is 12.8. The molecule has 112 valence electrons. The number of aromatic nitrogens is 4. The molecule has 2 aromatic rings. The third kappa shape index (κ3) is 3.45. The van der Waals surface area contributed by atoms with Gasteiger partial charge < -0.3 is 4.90 Å². The van der Waals surface area contributed by atoms with Gasteiger partial charge in [0.05, 0.1) is 6.54 Å². The molecule has 0 N–H and O–H groups in total. The highest BCUT2D eigenvalue weighted by molar-refractivity contribution is 7.09. The van der Waals surface area contributed by atoms with Gasteiger partial charge in [-0.2, -0.15) is 9.47 Å². The third-order valence-electron chi connectivity index (χ3n) is 3.57. The Kier molecular flexibility index (Phi) is 4.26. The van der Waals surface area contributed by atoms with Crippen molar-refractivity contribution in [3.63, 3.8) is 0 Å². The van der Waals surface area contributed by atoms with Crippen molar-refractivity contribution < 1.29 is 0 Å². The molecule has 3 heterocycles. The Labute approximate surface area is 127 Å². The molecular formula is C13H18N6OS. The van der Waals surface area contributed by atoms with Gasteiger partial charge >= 0.3 is 0 Å². The number of rotatable bonds is 4. The van der Waals surface area contributed by atoms with Crippen LogP contribution < -0.4 is 10.5 Å². The van der Waals surface area contributed by atoms with E-state index in [-0.39, 0.29) is 5.56 Å². The summed E-state index contributed by atoms with van der Waals surface area (Å²) in [6, 6.07) is 3.21. The number of nitrogens with zero attached hydrogens (tertiary/aromatic N) is 6. The average Bonchev–Trinajstić information content (AvgIpc) is 2.94. The molecule has 0 aliphatic carbocycles. The van der Waals surface area contributed by atoms with Crippen molar-refractivity contribution in [2.45, 2.75) is 13.5 Å². The van der Waals surface area contributed by atoms with E-state index in [1.165, 1.54) is 16.2 Å². The Morgan fingerprint density at radius 1 is 1.24 bits per heavy atom. The first-order valence-electron chi connectivity index (χ1n) is 7.02. The van der Waals surface area contributed by atoms with Crippen molar-refractivity contribution in [2.75, 3.05) is 37.6 Å². The van der Waals surface area contributed by atoms with Gasteiger partial charge in [-0.3, -0.25) is 9.69 Å². The minimum absolute atomic E-state index is 0.0412. The van der Waals surface area contributed by atoms with Crippen LogP contribution in [0.15, 0.2) is 23.1 Å². The summed E-state index contributed by atoms with van der Waals surface area (Å²) in [5, 5.41) is 5.09. The molecule has 0 radical (unpaired) electrons. The van der Waals surface area contributed by atoms with Crippen molar-refractivity contribution in [3.8, 4) is 0 Å². The van der Waals surface area contributed by atoms with Crippen molar-refractivity contribution in [1.29, 1.82) is 0 Å². The molecule has 3 rings (SSSR count). The Hall–Kier alpha value is -1.80. The van der Waals surface area contributed by atoms with Gasteiger partial charge in [-0.1, -0.05) is 0 Å². The summed E-state index contributed by atoms with van der Waals surface area (Å²) >= 11 is 1.46. The maximum Gasteiger partial charge on any atom is 0.266 e. The number of hydrogen-bond acceptors (Lipinski definition) is 7. The van der Waals surface area contributed by atoms with E-state index in [9.17, 15) is 4.79 Å². The quantitative estimate of drug-likeness (QED) is 0.805. The van der Waals surface area contributed by atoms with Crippen molar-refractivity contribution in [1.82, 2.24) is 24.0 Å². The predicted octanol–water partition coefficient (Wildman–Crippen LogP) is 0.225. The van der Waals surface area contributed by atoms with Crippen molar-refractivity contribution in [2.24, 2.45) is 0 Å². The lowest BCUT2D eigenvalue weighted by molar-refractivity contribution is 0.242. The lowest BCUT2D eigenvalue weighted by Crippen LogP contribution is -2.47. The van der Waals surface area contributed by atoms with Crippen LogP contribution in [0.25, 0.3) is 0 Å². The lowest BCUT2D eigenvalue weighted by Gasteiger charge is -2.34. The van der Waals surface area contributed by atoms with Crippen LogP contribution in [0.5, 0.6) is 0 Å². The van der Waals surface area contributed by atoms with Crippen LogP contribution in [0.2, 0.25) is 0 Å². The highest BCUT2D eigenvalue weighted by atomic mass is 32.1. The van der Waals surface area contributed by atoms with E-state index in [1.807, 2.05) is 6.92 Å². The van der Waals surface area contributed by atoms with Crippen LogP contribution in [0.1, 0.15) is 5.82 Å². The number of aryl methyl sites for hydroxylation is 1. The molecule has 0 atom stereocenters. The van der Waals surface area contributed by atoms with Crippen molar-refractivity contribution in [3.05, 3.63) is 34.5 Å². The SMILES string of the molecule is Cc1nsc(N2CCN(CCn3ncccc3=O)CC2)n1. The van der Waals surface area contributed by atoms with Crippen LogP contribution in [-0.4, -0.2) is 56.8 Å². The summed E-state index contributed by atoms with van der Waals surface area (Å²) in [6.45, 7) is 7.25. The minimum atomic E-state index is -0.0412. The first kappa shape index (κ1) is 14.2. The van der Waals surface area contributed by atoms with E-state index < -0.39 is 0 Å². The Morgan fingerprint density at radius 2 is 2.05 bits per heavy atom. The van der Waals surface area contributed by atoms with Gasteiger partial charge in [0.25, 0.3) is 5.56 Å². The van der Waals surface area contributed by atoms with Gasteiger partial charge in [-0.05, 0) is 13.0 Å². The summed E-state index contributed by atoms with van der Waals surface area (Å²) in [7, 11) is 0. The van der Waals surface area contributed by atoms with E-state index in [2.05, 4.69) is 24.3 Å². The van der Waals surface area contributed by atoms with E-state index in [0.29, 0.717) is 6.54 Å². The van der Waals surface area contributed by atoms with Crippen LogP contribution in [0, 0.1) is 6.92 Å². The standard InChI is InChI=1S/C13H18N6OS/c1-11-15-13(21-16-11)18-8-5-17(6-9-18)7-10-19-12(20)3-2-4-14-19/h2-4H,5-10H2,1H3. The molecule has 0 unspecified atom stereocenters. The van der Waals surface area contributed by atoms with Crippen LogP contribution >= 0.6 is 11.5 Å². The van der Waals surface area contributed by atoms with E-state index in [1.54, 1.807) is 18.3 Å². The molecule has 21 heavy (non-hydrogen) atoms. The summed E-state index contributed by atoms with van der Waals surface area (Å²) in [4.78, 5) is 20.6. The topological polar surface area (TPSA) is 67.2 Å². The molecule has 1 aliphatic heterocycles. The Morgan fingerprint density at radius 3 is 2.71 bits per heavy atom. The van der Waals surface area contributed by atoms with Gasteiger partial charge in [0.2, 0.25) is 5.13 Å². The largest absolute Gasteiger partial charge is 0.344 e. The summed E-state index contributed by atoms with van der Waals surface area (Å²) in [5.41, 5.74) is -0.0412.